The second-order valence-corrected chi connectivity index (χ2v) is 4.73. The van der Waals surface area contributed by atoms with Gasteiger partial charge in [-0.2, -0.15) is 0 Å². The predicted octanol–water partition coefficient (Wildman–Crippen LogP) is 2.53. The van der Waals surface area contributed by atoms with Gasteiger partial charge in [0.2, 0.25) is 0 Å². The van der Waals surface area contributed by atoms with Gasteiger partial charge in [-0.15, -0.1) is 0 Å². The molecule has 0 fully saturated rings. The van der Waals surface area contributed by atoms with Crippen LogP contribution in [0.3, 0.4) is 0 Å². The number of hydrogen-bond donors (Lipinski definition) is 1. The number of ketones is 1. The van der Waals surface area contributed by atoms with Crippen LogP contribution < -0.4 is 5.32 Å². The Labute approximate surface area is 116 Å². The second-order valence-electron chi connectivity index (χ2n) is 4.73. The fourth-order valence-electron chi connectivity index (χ4n) is 2.12. The van der Waals surface area contributed by atoms with Gasteiger partial charge in [-0.3, -0.25) is 4.79 Å². The number of carbonyl (C=O) groups excluding carboxylic acids is 2. The van der Waals surface area contributed by atoms with Crippen LogP contribution in [0.4, 0.5) is 4.79 Å². The first-order chi connectivity index (χ1) is 9.01. The standard InChI is InChI=1S/C14H27NO4/c1-6-8-11(9-7-2)13(16)12(10(3)18-4)15-14(17)19-5/h10-12H,6-9H2,1-5H3,(H,15,17)/t10-,12-/m1/s1. The third-order valence-corrected chi connectivity index (χ3v) is 3.28. The molecule has 0 aromatic carbocycles. The lowest BCUT2D eigenvalue weighted by atomic mass is 9.88. The molecule has 0 rings (SSSR count). The van der Waals surface area contributed by atoms with Crippen LogP contribution in [0.5, 0.6) is 0 Å². The Morgan fingerprint density at radius 3 is 2.00 bits per heavy atom. The number of nitrogens with one attached hydrogen (secondary N) is 1. The molecule has 0 saturated heterocycles. The van der Waals surface area contributed by atoms with E-state index in [0.717, 1.165) is 25.7 Å². The molecule has 0 aromatic rings. The maximum Gasteiger partial charge on any atom is 0.407 e. The average Bonchev–Trinajstić information content (AvgIpc) is 2.42. The number of carbonyl (C=O) groups is 2. The number of Topliss-reactive ketones (excluding diaryl/α,β-unsaturated/α-hetero) is 1. The van der Waals surface area contributed by atoms with E-state index in [1.54, 1.807) is 6.92 Å². The summed E-state index contributed by atoms with van der Waals surface area (Å²) in [7, 11) is 2.81. The van der Waals surface area contributed by atoms with Gasteiger partial charge in [-0.05, 0) is 19.8 Å². The van der Waals surface area contributed by atoms with Gasteiger partial charge in [-0.25, -0.2) is 4.79 Å². The summed E-state index contributed by atoms with van der Waals surface area (Å²) in [6.45, 7) is 5.88. The van der Waals surface area contributed by atoms with Gasteiger partial charge in [0.05, 0.1) is 13.2 Å². The molecule has 0 bridgehead atoms. The summed E-state index contributed by atoms with van der Waals surface area (Å²) in [5, 5.41) is 2.58. The highest BCUT2D eigenvalue weighted by Gasteiger charge is 2.31. The van der Waals surface area contributed by atoms with Crippen LogP contribution in [0.15, 0.2) is 0 Å². The van der Waals surface area contributed by atoms with E-state index in [1.807, 2.05) is 0 Å². The first-order valence-corrected chi connectivity index (χ1v) is 6.92. The lowest BCUT2D eigenvalue weighted by Gasteiger charge is -2.26. The summed E-state index contributed by atoms with van der Waals surface area (Å²) in [6.07, 6.45) is 2.59. The van der Waals surface area contributed by atoms with E-state index >= 15 is 0 Å². The van der Waals surface area contributed by atoms with Gasteiger partial charge >= 0.3 is 6.09 Å². The van der Waals surface area contributed by atoms with Crippen molar-refractivity contribution >= 4 is 11.9 Å². The van der Waals surface area contributed by atoms with E-state index in [-0.39, 0.29) is 17.8 Å². The van der Waals surface area contributed by atoms with Crippen LogP contribution in [0, 0.1) is 5.92 Å². The Kier molecular flexibility index (Phi) is 9.21. The molecule has 0 aromatic heterocycles. The summed E-state index contributed by atoms with van der Waals surface area (Å²) in [5.74, 6) is -0.00166. The summed E-state index contributed by atoms with van der Waals surface area (Å²) in [6, 6.07) is -0.652. The van der Waals surface area contributed by atoms with Gasteiger partial charge in [-0.1, -0.05) is 26.7 Å². The molecule has 0 saturated carbocycles. The molecule has 19 heavy (non-hydrogen) atoms. The highest BCUT2D eigenvalue weighted by Crippen LogP contribution is 2.18. The van der Waals surface area contributed by atoms with E-state index in [4.69, 9.17) is 4.74 Å². The van der Waals surface area contributed by atoms with E-state index in [0.29, 0.717) is 0 Å². The normalized spacial score (nSPS) is 14.0. The van der Waals surface area contributed by atoms with Gasteiger partial charge in [0.15, 0.2) is 5.78 Å². The molecule has 0 heterocycles. The molecule has 0 unspecified atom stereocenters. The van der Waals surface area contributed by atoms with Crippen LogP contribution in [0.25, 0.3) is 0 Å². The Morgan fingerprint density at radius 2 is 1.63 bits per heavy atom. The van der Waals surface area contributed by atoms with Crippen molar-refractivity contribution < 1.29 is 19.1 Å². The van der Waals surface area contributed by atoms with Crippen molar-refractivity contribution in [1.82, 2.24) is 5.32 Å². The summed E-state index contributed by atoms with van der Waals surface area (Å²) >= 11 is 0. The van der Waals surface area contributed by atoms with Gasteiger partial charge in [0.25, 0.3) is 0 Å². The maximum atomic E-state index is 12.5. The predicted molar refractivity (Wildman–Crippen MR) is 74.1 cm³/mol. The minimum absolute atomic E-state index is 0.0310. The van der Waals surface area contributed by atoms with E-state index in [2.05, 4.69) is 23.9 Å². The molecule has 2 atom stereocenters. The molecular weight excluding hydrogens is 246 g/mol. The third kappa shape index (κ3) is 6.05. The molecule has 1 N–H and O–H groups in total. The van der Waals surface area contributed by atoms with Crippen LogP contribution in [-0.4, -0.2) is 38.2 Å². The van der Waals surface area contributed by atoms with Crippen LogP contribution in [0.1, 0.15) is 46.5 Å². The molecule has 0 spiro atoms. The maximum absolute atomic E-state index is 12.5. The molecule has 5 nitrogen and oxygen atoms in total. The molecule has 0 aliphatic heterocycles. The highest BCUT2D eigenvalue weighted by molar-refractivity contribution is 5.89. The Morgan fingerprint density at radius 1 is 1.11 bits per heavy atom. The SMILES string of the molecule is CCCC(CCC)C(=O)[C@H](NC(=O)OC)[C@@H](C)OC. The van der Waals surface area contributed by atoms with Crippen LogP contribution in [0.2, 0.25) is 0 Å². The van der Waals surface area contributed by atoms with Crippen molar-refractivity contribution in [1.29, 1.82) is 0 Å². The Balaban J connectivity index is 4.88. The summed E-state index contributed by atoms with van der Waals surface area (Å²) in [4.78, 5) is 23.9. The first-order valence-electron chi connectivity index (χ1n) is 6.92. The molecule has 5 heteroatoms. The van der Waals surface area contributed by atoms with E-state index < -0.39 is 12.1 Å². The smallest absolute Gasteiger partial charge is 0.407 e. The van der Waals surface area contributed by atoms with Crippen molar-refractivity contribution in [2.45, 2.75) is 58.6 Å². The van der Waals surface area contributed by atoms with E-state index in [1.165, 1.54) is 14.2 Å². The van der Waals surface area contributed by atoms with Crippen molar-refractivity contribution in [3.8, 4) is 0 Å². The number of ether oxygens (including phenoxy) is 2. The first kappa shape index (κ1) is 17.9. The average molecular weight is 273 g/mol. The number of rotatable bonds is 9. The number of hydrogen-bond acceptors (Lipinski definition) is 4. The molecule has 0 aliphatic carbocycles. The van der Waals surface area contributed by atoms with Gasteiger partial charge < -0.3 is 14.8 Å². The zero-order chi connectivity index (χ0) is 14.8. The largest absolute Gasteiger partial charge is 0.453 e. The monoisotopic (exact) mass is 273 g/mol. The van der Waals surface area contributed by atoms with Crippen LogP contribution in [-0.2, 0) is 14.3 Å². The summed E-state index contributed by atoms with van der Waals surface area (Å²) in [5.41, 5.74) is 0. The quantitative estimate of drug-likeness (QED) is 0.701. The topological polar surface area (TPSA) is 64.6 Å². The third-order valence-electron chi connectivity index (χ3n) is 3.28. The van der Waals surface area contributed by atoms with Crippen molar-refractivity contribution in [3.05, 3.63) is 0 Å². The zero-order valence-electron chi connectivity index (χ0n) is 12.7. The molecule has 0 radical (unpaired) electrons. The molecule has 112 valence electrons. The minimum atomic E-state index is -0.652. The highest BCUT2D eigenvalue weighted by atomic mass is 16.5. The zero-order valence-corrected chi connectivity index (χ0v) is 12.7. The number of methoxy groups -OCH3 is 2. The fourth-order valence-corrected chi connectivity index (χ4v) is 2.12. The van der Waals surface area contributed by atoms with E-state index in [9.17, 15) is 9.59 Å². The van der Waals surface area contributed by atoms with Crippen molar-refractivity contribution in [2.24, 2.45) is 5.92 Å². The fraction of sp³-hybridized carbons (Fsp3) is 0.857. The van der Waals surface area contributed by atoms with Crippen molar-refractivity contribution in [2.75, 3.05) is 14.2 Å². The lowest BCUT2D eigenvalue weighted by molar-refractivity contribution is -0.128. The number of amides is 1. The minimum Gasteiger partial charge on any atom is -0.453 e. The Hall–Kier alpha value is -1.10. The van der Waals surface area contributed by atoms with Gasteiger partial charge in [0.1, 0.15) is 6.04 Å². The molecular formula is C14H27NO4. The molecule has 1 amide bonds. The lowest BCUT2D eigenvalue weighted by Crippen LogP contribution is -2.50. The molecule has 0 aliphatic rings. The summed E-state index contributed by atoms with van der Waals surface area (Å²) < 4.78 is 9.76. The number of alkyl carbamates (subject to hydrolysis) is 1. The van der Waals surface area contributed by atoms with Gasteiger partial charge in [0, 0.05) is 13.0 Å². The van der Waals surface area contributed by atoms with Crippen molar-refractivity contribution in [3.63, 3.8) is 0 Å². The Bertz CT molecular complexity index is 275. The second kappa shape index (κ2) is 9.78. The van der Waals surface area contributed by atoms with Crippen LogP contribution >= 0.6 is 0 Å².